The Morgan fingerprint density at radius 1 is 1.47 bits per heavy atom. The number of hydrogen-bond acceptors (Lipinski definition) is 5. The van der Waals surface area contributed by atoms with Crippen molar-refractivity contribution in [3.8, 4) is 0 Å². The molecule has 106 valence electrons. The summed E-state index contributed by atoms with van der Waals surface area (Å²) < 4.78 is 34.1. The SMILES string of the molecule is COC(=O)c1ccc(NCCCS(=O)(=O)O)cc1Cl. The van der Waals surface area contributed by atoms with Crippen molar-refractivity contribution >= 4 is 33.4 Å². The van der Waals surface area contributed by atoms with Gasteiger partial charge in [-0.1, -0.05) is 11.6 Å². The van der Waals surface area contributed by atoms with Crippen LogP contribution in [0.15, 0.2) is 18.2 Å². The normalized spacial score (nSPS) is 11.1. The van der Waals surface area contributed by atoms with E-state index in [4.69, 9.17) is 16.2 Å². The van der Waals surface area contributed by atoms with Gasteiger partial charge in [0.25, 0.3) is 10.1 Å². The molecule has 0 bridgehead atoms. The topological polar surface area (TPSA) is 92.7 Å². The van der Waals surface area contributed by atoms with Gasteiger partial charge in [-0.05, 0) is 24.6 Å². The summed E-state index contributed by atoms with van der Waals surface area (Å²) in [5, 5.41) is 3.17. The Morgan fingerprint density at radius 2 is 2.16 bits per heavy atom. The third kappa shape index (κ3) is 5.46. The second-order valence-corrected chi connectivity index (χ2v) is 5.73. The van der Waals surface area contributed by atoms with E-state index < -0.39 is 16.1 Å². The minimum Gasteiger partial charge on any atom is -0.465 e. The van der Waals surface area contributed by atoms with Crippen LogP contribution < -0.4 is 5.32 Å². The van der Waals surface area contributed by atoms with Crippen LogP contribution in [0.1, 0.15) is 16.8 Å². The van der Waals surface area contributed by atoms with Crippen molar-refractivity contribution in [2.24, 2.45) is 0 Å². The lowest BCUT2D eigenvalue weighted by Crippen LogP contribution is -2.10. The quantitative estimate of drug-likeness (QED) is 0.473. The van der Waals surface area contributed by atoms with E-state index in [-0.39, 0.29) is 22.8 Å². The van der Waals surface area contributed by atoms with Gasteiger partial charge in [0.1, 0.15) is 0 Å². The first-order valence-corrected chi connectivity index (χ1v) is 7.39. The lowest BCUT2D eigenvalue weighted by molar-refractivity contribution is 0.0601. The molecule has 0 aliphatic carbocycles. The highest BCUT2D eigenvalue weighted by atomic mass is 35.5. The molecule has 0 unspecified atom stereocenters. The van der Waals surface area contributed by atoms with E-state index in [2.05, 4.69) is 10.1 Å². The number of benzene rings is 1. The van der Waals surface area contributed by atoms with Crippen LogP contribution in [0.3, 0.4) is 0 Å². The molecular weight excluding hydrogens is 294 g/mol. The summed E-state index contributed by atoms with van der Waals surface area (Å²) in [7, 11) is -2.67. The zero-order chi connectivity index (χ0) is 14.5. The second kappa shape index (κ2) is 6.74. The molecule has 0 fully saturated rings. The number of rotatable bonds is 6. The van der Waals surface area contributed by atoms with Gasteiger partial charge in [0.2, 0.25) is 0 Å². The molecule has 1 aromatic rings. The lowest BCUT2D eigenvalue weighted by atomic mass is 10.2. The van der Waals surface area contributed by atoms with Gasteiger partial charge in [-0.15, -0.1) is 0 Å². The first-order chi connectivity index (χ1) is 8.83. The molecule has 0 aliphatic heterocycles. The third-order valence-corrected chi connectivity index (χ3v) is 3.40. The second-order valence-electron chi connectivity index (χ2n) is 3.75. The van der Waals surface area contributed by atoms with Crippen molar-refractivity contribution in [3.05, 3.63) is 28.8 Å². The predicted octanol–water partition coefficient (Wildman–Crippen LogP) is 1.82. The molecule has 8 heteroatoms. The van der Waals surface area contributed by atoms with E-state index >= 15 is 0 Å². The number of esters is 1. The molecular formula is C11H14ClNO5S. The zero-order valence-corrected chi connectivity index (χ0v) is 11.8. The minimum atomic E-state index is -3.94. The van der Waals surface area contributed by atoms with Crippen molar-refractivity contribution in [1.29, 1.82) is 0 Å². The van der Waals surface area contributed by atoms with Crippen molar-refractivity contribution in [2.45, 2.75) is 6.42 Å². The molecule has 0 saturated carbocycles. The Morgan fingerprint density at radius 3 is 2.68 bits per heavy atom. The Hall–Kier alpha value is -1.31. The van der Waals surface area contributed by atoms with Crippen molar-refractivity contribution in [3.63, 3.8) is 0 Å². The van der Waals surface area contributed by atoms with E-state index in [1.54, 1.807) is 12.1 Å². The summed E-state index contributed by atoms with van der Waals surface area (Å²) in [6.45, 7) is 0.355. The van der Waals surface area contributed by atoms with E-state index in [9.17, 15) is 13.2 Å². The van der Waals surface area contributed by atoms with Crippen molar-refractivity contribution in [1.82, 2.24) is 0 Å². The van der Waals surface area contributed by atoms with Crippen LogP contribution in [0.4, 0.5) is 5.69 Å². The van der Waals surface area contributed by atoms with Crippen LogP contribution in [-0.4, -0.2) is 38.3 Å². The van der Waals surface area contributed by atoms with Crippen LogP contribution in [0.5, 0.6) is 0 Å². The standard InChI is InChI=1S/C11H14ClNO5S/c1-18-11(14)9-4-3-8(7-10(9)12)13-5-2-6-19(15,16)17/h3-4,7,13H,2,5-6H2,1H3,(H,15,16,17). The molecule has 0 atom stereocenters. The number of halogens is 1. The Bertz CT molecular complexity index is 558. The van der Waals surface area contributed by atoms with Crippen molar-refractivity contribution in [2.75, 3.05) is 24.7 Å². The van der Waals surface area contributed by atoms with Gasteiger partial charge in [-0.25, -0.2) is 4.79 Å². The molecule has 1 rings (SSSR count). The maximum absolute atomic E-state index is 11.3. The third-order valence-electron chi connectivity index (χ3n) is 2.28. The molecule has 1 aromatic carbocycles. The Balaban J connectivity index is 2.57. The smallest absolute Gasteiger partial charge is 0.339 e. The largest absolute Gasteiger partial charge is 0.465 e. The van der Waals surface area contributed by atoms with E-state index in [0.29, 0.717) is 12.2 Å². The Labute approximate surface area is 116 Å². The van der Waals surface area contributed by atoms with Gasteiger partial charge in [-0.2, -0.15) is 8.42 Å². The maximum Gasteiger partial charge on any atom is 0.339 e. The fourth-order valence-electron chi connectivity index (χ4n) is 1.39. The fourth-order valence-corrected chi connectivity index (χ4v) is 2.15. The van der Waals surface area contributed by atoms with Crippen LogP contribution in [0.25, 0.3) is 0 Å². The molecule has 19 heavy (non-hydrogen) atoms. The first kappa shape index (κ1) is 15.7. The highest BCUT2D eigenvalue weighted by Crippen LogP contribution is 2.21. The molecule has 0 spiro atoms. The van der Waals surface area contributed by atoms with Crippen LogP contribution in [-0.2, 0) is 14.9 Å². The molecule has 6 nitrogen and oxygen atoms in total. The van der Waals surface area contributed by atoms with Gasteiger partial charge in [0.15, 0.2) is 0 Å². The summed E-state index contributed by atoms with van der Waals surface area (Å²) in [5.41, 5.74) is 0.903. The molecule has 2 N–H and O–H groups in total. The zero-order valence-electron chi connectivity index (χ0n) is 10.2. The summed E-state index contributed by atoms with van der Waals surface area (Å²) in [4.78, 5) is 11.3. The van der Waals surface area contributed by atoms with Crippen LogP contribution in [0.2, 0.25) is 5.02 Å². The molecule has 0 amide bonds. The summed E-state index contributed by atoms with van der Waals surface area (Å²) in [6, 6.07) is 4.69. The van der Waals surface area contributed by atoms with E-state index in [0.717, 1.165) is 0 Å². The summed E-state index contributed by atoms with van der Waals surface area (Å²) in [5.74, 6) is -0.837. The highest BCUT2D eigenvalue weighted by molar-refractivity contribution is 7.85. The van der Waals surface area contributed by atoms with Crippen LogP contribution >= 0.6 is 11.6 Å². The van der Waals surface area contributed by atoms with Crippen molar-refractivity contribution < 1.29 is 22.5 Å². The number of carbonyl (C=O) groups excluding carboxylic acids is 1. The fraction of sp³-hybridized carbons (Fsp3) is 0.364. The van der Waals surface area contributed by atoms with Gasteiger partial charge in [0.05, 0.1) is 23.4 Å². The van der Waals surface area contributed by atoms with E-state index in [1.165, 1.54) is 13.2 Å². The van der Waals surface area contributed by atoms with Gasteiger partial charge in [0, 0.05) is 12.2 Å². The summed E-state index contributed by atoms with van der Waals surface area (Å²) in [6.07, 6.45) is 0.259. The van der Waals surface area contributed by atoms with Gasteiger partial charge in [-0.3, -0.25) is 4.55 Å². The molecule has 0 aliphatic rings. The lowest BCUT2D eigenvalue weighted by Gasteiger charge is -2.08. The van der Waals surface area contributed by atoms with Gasteiger partial charge >= 0.3 is 5.97 Å². The first-order valence-electron chi connectivity index (χ1n) is 5.40. The predicted molar refractivity (Wildman–Crippen MR) is 72.3 cm³/mol. The molecule has 0 radical (unpaired) electrons. The number of anilines is 1. The molecule has 0 saturated heterocycles. The molecule has 0 heterocycles. The molecule has 0 aromatic heterocycles. The summed E-state index contributed by atoms with van der Waals surface area (Å²) >= 11 is 5.91. The number of methoxy groups -OCH3 is 1. The minimum absolute atomic E-state index is 0.242. The number of nitrogens with one attached hydrogen (secondary N) is 1. The van der Waals surface area contributed by atoms with Crippen LogP contribution in [0, 0.1) is 0 Å². The van der Waals surface area contributed by atoms with E-state index in [1.807, 2.05) is 0 Å². The average molecular weight is 308 g/mol. The Kier molecular flexibility index (Phi) is 5.59. The number of carbonyl (C=O) groups is 1. The highest BCUT2D eigenvalue weighted by Gasteiger charge is 2.10. The average Bonchev–Trinajstić information content (AvgIpc) is 2.33. The monoisotopic (exact) mass is 307 g/mol. The number of hydrogen-bond donors (Lipinski definition) is 2. The number of ether oxygens (including phenoxy) is 1. The van der Waals surface area contributed by atoms with Gasteiger partial charge < -0.3 is 10.1 Å². The maximum atomic E-state index is 11.3.